The van der Waals surface area contributed by atoms with Crippen LogP contribution in [0.15, 0.2) is 23.2 Å². The molecule has 3 unspecified atom stereocenters. The van der Waals surface area contributed by atoms with E-state index in [0.29, 0.717) is 36.1 Å². The number of guanidine groups is 1. The molecule has 2 aliphatic carbocycles. The lowest BCUT2D eigenvalue weighted by Crippen LogP contribution is -2.72. The number of ether oxygens (including phenoxy) is 1. The number of aliphatic imine (C=N–C) groups is 1. The Labute approximate surface area is 163 Å². The third-order valence-electron chi connectivity index (χ3n) is 6.00. The number of rotatable bonds is 3. The second kappa shape index (κ2) is 7.34. The molecule has 3 atom stereocenters. The molecule has 138 valence electrons. The minimum Gasteiger partial charge on any atom is -0.377 e. The average Bonchev–Trinajstić information content (AvgIpc) is 2.94. The monoisotopic (exact) mass is 463 g/mol. The SMILES string of the molecule is CN=C(NCc1ccc(F)c(F)c1)NC1C2CCOC2C12CCC2.I. The number of benzene rings is 1. The number of nitrogens with zero attached hydrogens (tertiary/aromatic N) is 1. The Hall–Kier alpha value is -0.960. The van der Waals surface area contributed by atoms with Gasteiger partial charge in [0.2, 0.25) is 0 Å². The van der Waals surface area contributed by atoms with Crippen LogP contribution in [-0.4, -0.2) is 31.8 Å². The minimum atomic E-state index is -0.824. The van der Waals surface area contributed by atoms with E-state index in [0.717, 1.165) is 19.1 Å². The zero-order valence-electron chi connectivity index (χ0n) is 14.2. The average molecular weight is 463 g/mol. The largest absolute Gasteiger partial charge is 0.377 e. The molecule has 1 aliphatic heterocycles. The fourth-order valence-corrected chi connectivity index (χ4v) is 4.63. The van der Waals surface area contributed by atoms with Crippen LogP contribution in [0, 0.1) is 23.0 Å². The summed E-state index contributed by atoms with van der Waals surface area (Å²) in [6.07, 6.45) is 5.21. The molecule has 4 nitrogen and oxygen atoms in total. The Balaban J connectivity index is 0.00000182. The van der Waals surface area contributed by atoms with Gasteiger partial charge in [0.15, 0.2) is 17.6 Å². The predicted molar refractivity (Wildman–Crippen MR) is 103 cm³/mol. The number of nitrogens with one attached hydrogen (secondary N) is 2. The van der Waals surface area contributed by atoms with Crippen LogP contribution < -0.4 is 10.6 Å². The van der Waals surface area contributed by atoms with Crippen LogP contribution in [0.25, 0.3) is 0 Å². The first-order valence-corrected chi connectivity index (χ1v) is 8.67. The van der Waals surface area contributed by atoms with Crippen molar-refractivity contribution in [3.8, 4) is 0 Å². The minimum absolute atomic E-state index is 0. The number of fused-ring (bicyclic) bond motifs is 2. The highest BCUT2D eigenvalue weighted by Gasteiger charge is 2.66. The van der Waals surface area contributed by atoms with Crippen LogP contribution in [0.4, 0.5) is 8.78 Å². The van der Waals surface area contributed by atoms with E-state index in [-0.39, 0.29) is 29.4 Å². The topological polar surface area (TPSA) is 45.7 Å². The molecule has 0 amide bonds. The van der Waals surface area contributed by atoms with Crippen LogP contribution in [0.2, 0.25) is 0 Å². The third-order valence-corrected chi connectivity index (χ3v) is 6.00. The van der Waals surface area contributed by atoms with Gasteiger partial charge in [-0.25, -0.2) is 8.78 Å². The fourth-order valence-electron chi connectivity index (χ4n) is 4.63. The van der Waals surface area contributed by atoms with Crippen LogP contribution in [0.5, 0.6) is 0 Å². The number of hydrogen-bond donors (Lipinski definition) is 2. The van der Waals surface area contributed by atoms with Crippen molar-refractivity contribution in [1.82, 2.24) is 10.6 Å². The van der Waals surface area contributed by atoms with Gasteiger partial charge < -0.3 is 15.4 Å². The summed E-state index contributed by atoms with van der Waals surface area (Å²) in [5.74, 6) is -0.376. The van der Waals surface area contributed by atoms with Crippen molar-refractivity contribution in [2.24, 2.45) is 16.3 Å². The van der Waals surface area contributed by atoms with E-state index in [4.69, 9.17) is 4.74 Å². The first-order chi connectivity index (χ1) is 11.6. The molecule has 0 radical (unpaired) electrons. The van der Waals surface area contributed by atoms with Crippen molar-refractivity contribution < 1.29 is 13.5 Å². The lowest BCUT2D eigenvalue weighted by Gasteiger charge is -2.63. The normalized spacial score (nSPS) is 29.2. The molecule has 1 aromatic rings. The van der Waals surface area contributed by atoms with Crippen LogP contribution >= 0.6 is 24.0 Å². The van der Waals surface area contributed by atoms with Crippen molar-refractivity contribution in [2.75, 3.05) is 13.7 Å². The van der Waals surface area contributed by atoms with Crippen LogP contribution in [0.1, 0.15) is 31.2 Å². The van der Waals surface area contributed by atoms with E-state index in [2.05, 4.69) is 15.6 Å². The smallest absolute Gasteiger partial charge is 0.191 e. The van der Waals surface area contributed by atoms with Gasteiger partial charge in [0.25, 0.3) is 0 Å². The van der Waals surface area contributed by atoms with Crippen molar-refractivity contribution >= 4 is 29.9 Å². The molecule has 1 aromatic carbocycles. The van der Waals surface area contributed by atoms with E-state index in [1.54, 1.807) is 13.1 Å². The zero-order valence-corrected chi connectivity index (χ0v) is 16.6. The van der Waals surface area contributed by atoms with Gasteiger partial charge >= 0.3 is 0 Å². The summed E-state index contributed by atoms with van der Waals surface area (Å²) in [6.45, 7) is 1.26. The maximum absolute atomic E-state index is 13.3. The lowest BCUT2D eigenvalue weighted by molar-refractivity contribution is -0.171. The molecule has 0 aromatic heterocycles. The summed E-state index contributed by atoms with van der Waals surface area (Å²) < 4.78 is 32.2. The highest BCUT2D eigenvalue weighted by atomic mass is 127. The van der Waals surface area contributed by atoms with Gasteiger partial charge in [-0.3, -0.25) is 4.99 Å². The standard InChI is InChI=1S/C18H23F2N3O.HI/c1-21-17(22-10-11-3-4-13(19)14(20)9-11)23-15-12-5-8-24-16(12)18(15)6-2-7-18;/h3-4,9,12,15-16H,2,5-8,10H2,1H3,(H2,21,22,23);1H. The van der Waals surface area contributed by atoms with Crippen LogP contribution in [-0.2, 0) is 11.3 Å². The highest BCUT2D eigenvalue weighted by molar-refractivity contribution is 14.0. The summed E-state index contributed by atoms with van der Waals surface area (Å²) >= 11 is 0. The first-order valence-electron chi connectivity index (χ1n) is 8.67. The molecular formula is C18H24F2IN3O. The van der Waals surface area contributed by atoms with E-state index in [1.165, 1.54) is 25.3 Å². The molecular weight excluding hydrogens is 439 g/mol. The lowest BCUT2D eigenvalue weighted by atomic mass is 9.46. The molecule has 7 heteroatoms. The van der Waals surface area contributed by atoms with E-state index >= 15 is 0 Å². The van der Waals surface area contributed by atoms with Crippen LogP contribution in [0.3, 0.4) is 0 Å². The van der Waals surface area contributed by atoms with Gasteiger partial charge in [-0.2, -0.15) is 0 Å². The first kappa shape index (κ1) is 18.8. The Morgan fingerprint density at radius 1 is 1.32 bits per heavy atom. The quantitative estimate of drug-likeness (QED) is 0.411. The molecule has 2 saturated carbocycles. The summed E-state index contributed by atoms with van der Waals surface area (Å²) in [5, 5.41) is 6.76. The second-order valence-electron chi connectivity index (χ2n) is 7.13. The summed E-state index contributed by atoms with van der Waals surface area (Å²) in [5.41, 5.74) is 0.965. The molecule has 1 heterocycles. The maximum atomic E-state index is 13.3. The van der Waals surface area contributed by atoms with Gasteiger partial charge in [-0.05, 0) is 37.0 Å². The fraction of sp³-hybridized carbons (Fsp3) is 0.611. The van der Waals surface area contributed by atoms with Gasteiger partial charge in [0, 0.05) is 37.6 Å². The molecule has 3 aliphatic rings. The van der Waals surface area contributed by atoms with Crippen molar-refractivity contribution in [2.45, 2.75) is 44.4 Å². The Morgan fingerprint density at radius 3 is 2.76 bits per heavy atom. The Morgan fingerprint density at radius 2 is 2.12 bits per heavy atom. The highest BCUT2D eigenvalue weighted by Crippen LogP contribution is 2.62. The van der Waals surface area contributed by atoms with Gasteiger partial charge in [-0.1, -0.05) is 12.5 Å². The van der Waals surface area contributed by atoms with E-state index in [1.807, 2.05) is 0 Å². The summed E-state index contributed by atoms with van der Waals surface area (Å²) in [7, 11) is 1.73. The molecule has 1 spiro atoms. The summed E-state index contributed by atoms with van der Waals surface area (Å²) in [6, 6.07) is 4.34. The molecule has 3 fully saturated rings. The Bertz CT molecular complexity index is 666. The Kier molecular flexibility index (Phi) is 5.53. The summed E-state index contributed by atoms with van der Waals surface area (Å²) in [4.78, 5) is 4.29. The molecule has 0 bridgehead atoms. The molecule has 1 saturated heterocycles. The molecule has 2 N–H and O–H groups in total. The van der Waals surface area contributed by atoms with E-state index < -0.39 is 11.6 Å². The number of hydrogen-bond acceptors (Lipinski definition) is 2. The van der Waals surface area contributed by atoms with Gasteiger partial charge in [0.1, 0.15) is 0 Å². The molecule has 4 rings (SSSR count). The number of halogens is 3. The van der Waals surface area contributed by atoms with Gasteiger partial charge in [-0.15, -0.1) is 24.0 Å². The van der Waals surface area contributed by atoms with E-state index in [9.17, 15) is 8.78 Å². The van der Waals surface area contributed by atoms with Crippen molar-refractivity contribution in [3.63, 3.8) is 0 Å². The second-order valence-corrected chi connectivity index (χ2v) is 7.13. The third kappa shape index (κ3) is 3.13. The van der Waals surface area contributed by atoms with Crippen molar-refractivity contribution in [1.29, 1.82) is 0 Å². The zero-order chi connectivity index (χ0) is 16.7. The maximum Gasteiger partial charge on any atom is 0.191 e. The predicted octanol–water partition coefficient (Wildman–Crippen LogP) is 3.21. The molecule has 25 heavy (non-hydrogen) atoms. The van der Waals surface area contributed by atoms with Crippen molar-refractivity contribution in [3.05, 3.63) is 35.4 Å². The van der Waals surface area contributed by atoms with Gasteiger partial charge in [0.05, 0.1) is 6.10 Å².